The summed E-state index contributed by atoms with van der Waals surface area (Å²) in [6, 6.07) is 16.4. The lowest BCUT2D eigenvalue weighted by molar-refractivity contribution is 0.480. The molecule has 0 aliphatic heterocycles. The molecule has 3 nitrogen and oxygen atoms in total. The summed E-state index contributed by atoms with van der Waals surface area (Å²) in [6.45, 7) is 4.28. The highest BCUT2D eigenvalue weighted by Gasteiger charge is 2.05. The minimum atomic E-state index is 0.693. The SMILES string of the molecule is CCCNCCc1ccc(Oc2nc3ccccc3s2)cc1. The van der Waals surface area contributed by atoms with E-state index in [-0.39, 0.29) is 0 Å². The standard InChI is InChI=1S/C18H20N2OS/c1-2-12-19-13-11-14-7-9-15(10-8-14)21-18-20-16-5-3-4-6-17(16)22-18/h3-10,19H,2,11-13H2,1H3. The van der Waals surface area contributed by atoms with Crippen LogP contribution in [0.4, 0.5) is 0 Å². The maximum atomic E-state index is 5.85. The van der Waals surface area contributed by atoms with Crippen molar-refractivity contribution >= 4 is 21.6 Å². The number of benzene rings is 2. The molecule has 1 heterocycles. The third kappa shape index (κ3) is 3.84. The lowest BCUT2D eigenvalue weighted by Crippen LogP contribution is -2.17. The van der Waals surface area contributed by atoms with Gasteiger partial charge in [0.25, 0.3) is 5.19 Å². The summed E-state index contributed by atoms with van der Waals surface area (Å²) in [5.41, 5.74) is 2.31. The van der Waals surface area contributed by atoms with Gasteiger partial charge >= 0.3 is 0 Å². The first-order chi connectivity index (χ1) is 10.8. The summed E-state index contributed by atoms with van der Waals surface area (Å²) in [7, 11) is 0. The van der Waals surface area contributed by atoms with Gasteiger partial charge in [0.2, 0.25) is 0 Å². The van der Waals surface area contributed by atoms with Crippen LogP contribution < -0.4 is 10.1 Å². The van der Waals surface area contributed by atoms with Gasteiger partial charge in [0.15, 0.2) is 0 Å². The van der Waals surface area contributed by atoms with E-state index in [0.717, 1.165) is 35.5 Å². The number of fused-ring (bicyclic) bond motifs is 1. The number of nitrogens with zero attached hydrogens (tertiary/aromatic N) is 1. The van der Waals surface area contributed by atoms with Crippen LogP contribution in [0.3, 0.4) is 0 Å². The average Bonchev–Trinajstić information content (AvgIpc) is 2.95. The third-order valence-corrected chi connectivity index (χ3v) is 4.33. The Morgan fingerprint density at radius 3 is 2.64 bits per heavy atom. The second kappa shape index (κ2) is 7.38. The molecule has 0 unspecified atom stereocenters. The Balaban J connectivity index is 1.60. The summed E-state index contributed by atoms with van der Waals surface area (Å²) >= 11 is 1.57. The fraction of sp³-hybridized carbons (Fsp3) is 0.278. The topological polar surface area (TPSA) is 34.1 Å². The first-order valence-corrected chi connectivity index (χ1v) is 8.50. The Bertz CT molecular complexity index is 688. The highest BCUT2D eigenvalue weighted by atomic mass is 32.1. The molecule has 114 valence electrons. The van der Waals surface area contributed by atoms with Crippen LogP contribution in [0.5, 0.6) is 10.9 Å². The van der Waals surface area contributed by atoms with Crippen LogP contribution in [-0.4, -0.2) is 18.1 Å². The van der Waals surface area contributed by atoms with E-state index in [1.165, 1.54) is 12.0 Å². The molecule has 0 spiro atoms. The van der Waals surface area contributed by atoms with E-state index in [1.54, 1.807) is 11.3 Å². The summed E-state index contributed by atoms with van der Waals surface area (Å²) in [6.07, 6.45) is 2.22. The summed E-state index contributed by atoms with van der Waals surface area (Å²) in [5.74, 6) is 0.837. The second-order valence-corrected chi connectivity index (χ2v) is 6.19. The predicted octanol–water partition coefficient (Wildman–Crippen LogP) is 4.63. The summed E-state index contributed by atoms with van der Waals surface area (Å²) in [5, 5.41) is 4.11. The van der Waals surface area contributed by atoms with E-state index in [0.29, 0.717) is 5.19 Å². The zero-order valence-corrected chi connectivity index (χ0v) is 13.5. The van der Waals surface area contributed by atoms with Crippen molar-refractivity contribution in [3.05, 3.63) is 54.1 Å². The van der Waals surface area contributed by atoms with E-state index < -0.39 is 0 Å². The molecule has 0 aliphatic rings. The molecule has 22 heavy (non-hydrogen) atoms. The molecule has 0 amide bonds. The zero-order chi connectivity index (χ0) is 15.2. The second-order valence-electron chi connectivity index (χ2n) is 5.19. The lowest BCUT2D eigenvalue weighted by atomic mass is 10.1. The normalized spacial score (nSPS) is 11.0. The maximum absolute atomic E-state index is 5.85. The van der Waals surface area contributed by atoms with Crippen molar-refractivity contribution in [1.29, 1.82) is 0 Å². The number of thiazole rings is 1. The van der Waals surface area contributed by atoms with Gasteiger partial charge in [0.05, 0.1) is 10.2 Å². The van der Waals surface area contributed by atoms with Crippen molar-refractivity contribution in [2.45, 2.75) is 19.8 Å². The molecular weight excluding hydrogens is 292 g/mol. The number of hydrogen-bond acceptors (Lipinski definition) is 4. The number of para-hydroxylation sites is 1. The van der Waals surface area contributed by atoms with Crippen LogP contribution in [0.15, 0.2) is 48.5 Å². The summed E-state index contributed by atoms with van der Waals surface area (Å²) < 4.78 is 7.00. The van der Waals surface area contributed by atoms with Gasteiger partial charge in [-0.2, -0.15) is 0 Å². The van der Waals surface area contributed by atoms with Gasteiger partial charge in [-0.15, -0.1) is 0 Å². The molecular formula is C18H20N2OS. The third-order valence-electron chi connectivity index (χ3n) is 3.42. The van der Waals surface area contributed by atoms with E-state index in [4.69, 9.17) is 4.74 Å². The van der Waals surface area contributed by atoms with Gasteiger partial charge in [-0.3, -0.25) is 0 Å². The van der Waals surface area contributed by atoms with Crippen molar-refractivity contribution < 1.29 is 4.74 Å². The molecule has 2 aromatic carbocycles. The lowest BCUT2D eigenvalue weighted by Gasteiger charge is -2.05. The highest BCUT2D eigenvalue weighted by Crippen LogP contribution is 2.31. The number of ether oxygens (including phenoxy) is 1. The number of hydrogen-bond donors (Lipinski definition) is 1. The fourth-order valence-electron chi connectivity index (χ4n) is 2.25. The Kier molecular flexibility index (Phi) is 5.03. The Morgan fingerprint density at radius 2 is 1.86 bits per heavy atom. The number of rotatable bonds is 7. The van der Waals surface area contributed by atoms with Crippen LogP contribution in [0, 0.1) is 0 Å². The van der Waals surface area contributed by atoms with E-state index in [9.17, 15) is 0 Å². The molecule has 3 aromatic rings. The molecule has 1 aromatic heterocycles. The van der Waals surface area contributed by atoms with Crippen LogP contribution in [0.2, 0.25) is 0 Å². The molecule has 0 fully saturated rings. The monoisotopic (exact) mass is 312 g/mol. The van der Waals surface area contributed by atoms with Gasteiger partial charge < -0.3 is 10.1 Å². The largest absolute Gasteiger partial charge is 0.431 e. The average molecular weight is 312 g/mol. The first-order valence-electron chi connectivity index (χ1n) is 7.68. The predicted molar refractivity (Wildman–Crippen MR) is 93.0 cm³/mol. The molecule has 0 saturated carbocycles. The highest BCUT2D eigenvalue weighted by molar-refractivity contribution is 7.20. The van der Waals surface area contributed by atoms with Gasteiger partial charge in [-0.05, 0) is 55.8 Å². The van der Waals surface area contributed by atoms with E-state index in [1.807, 2.05) is 30.3 Å². The molecule has 0 radical (unpaired) electrons. The van der Waals surface area contributed by atoms with Crippen molar-refractivity contribution in [2.75, 3.05) is 13.1 Å². The Morgan fingerprint density at radius 1 is 1.05 bits per heavy atom. The van der Waals surface area contributed by atoms with Crippen LogP contribution in [-0.2, 0) is 6.42 Å². The molecule has 0 aliphatic carbocycles. The van der Waals surface area contributed by atoms with Crippen molar-refractivity contribution in [3.63, 3.8) is 0 Å². The Labute approximate surface area is 135 Å². The fourth-order valence-corrected chi connectivity index (χ4v) is 3.09. The van der Waals surface area contributed by atoms with Crippen molar-refractivity contribution in [1.82, 2.24) is 10.3 Å². The van der Waals surface area contributed by atoms with Gasteiger partial charge in [-0.1, -0.05) is 42.5 Å². The van der Waals surface area contributed by atoms with Crippen LogP contribution in [0.25, 0.3) is 10.2 Å². The van der Waals surface area contributed by atoms with E-state index >= 15 is 0 Å². The van der Waals surface area contributed by atoms with Crippen LogP contribution >= 0.6 is 11.3 Å². The van der Waals surface area contributed by atoms with Crippen molar-refractivity contribution in [3.8, 4) is 10.9 Å². The quantitative estimate of drug-likeness (QED) is 0.646. The molecule has 0 bridgehead atoms. The zero-order valence-electron chi connectivity index (χ0n) is 12.7. The number of aromatic nitrogens is 1. The first kappa shape index (κ1) is 15.0. The smallest absolute Gasteiger partial charge is 0.279 e. The molecule has 1 N–H and O–H groups in total. The van der Waals surface area contributed by atoms with Gasteiger partial charge in [-0.25, -0.2) is 4.98 Å². The van der Waals surface area contributed by atoms with Gasteiger partial charge in [0, 0.05) is 0 Å². The Hall–Kier alpha value is -1.91. The van der Waals surface area contributed by atoms with Gasteiger partial charge in [0.1, 0.15) is 5.75 Å². The van der Waals surface area contributed by atoms with Crippen molar-refractivity contribution in [2.24, 2.45) is 0 Å². The molecule has 3 rings (SSSR count). The molecule has 0 atom stereocenters. The minimum absolute atomic E-state index is 0.693. The summed E-state index contributed by atoms with van der Waals surface area (Å²) in [4.78, 5) is 4.49. The number of nitrogens with one attached hydrogen (secondary N) is 1. The molecule has 0 saturated heterocycles. The minimum Gasteiger partial charge on any atom is -0.431 e. The maximum Gasteiger partial charge on any atom is 0.279 e. The molecule has 4 heteroatoms. The van der Waals surface area contributed by atoms with E-state index in [2.05, 4.69) is 35.4 Å². The van der Waals surface area contributed by atoms with Crippen LogP contribution in [0.1, 0.15) is 18.9 Å².